The van der Waals surface area contributed by atoms with E-state index in [1.165, 1.54) is 0 Å². The maximum Gasteiger partial charge on any atom is 2.00 e. The van der Waals surface area contributed by atoms with Crippen molar-refractivity contribution in [1.82, 2.24) is 0 Å². The number of rotatable bonds is 0. The average Bonchev–Trinajstić information content (AvgIpc) is 0.811. The predicted octanol–water partition coefficient (Wildman–Crippen LogP) is -1.12. The topological polar surface area (TPSA) is 51.2 Å². The summed E-state index contributed by atoms with van der Waals surface area (Å²) in [6.07, 6.45) is 0. The molecule has 0 aliphatic carbocycles. The van der Waals surface area contributed by atoms with Crippen molar-refractivity contribution in [3.8, 4) is 0 Å². The van der Waals surface area contributed by atoms with Crippen LogP contribution in [0.1, 0.15) is 0 Å². The molecule has 0 aromatic carbocycles. The third-order valence-corrected chi connectivity index (χ3v) is 0. The van der Waals surface area contributed by atoms with Gasteiger partial charge in [-0.15, -0.1) is 0 Å². The molecule has 0 saturated heterocycles. The summed E-state index contributed by atoms with van der Waals surface area (Å²) in [5.74, 6) is 0. The Morgan fingerprint density at radius 3 is 1.00 bits per heavy atom. The van der Waals surface area contributed by atoms with Crippen molar-refractivity contribution < 1.29 is 9.31 Å². The molecule has 0 spiro atoms. The van der Waals surface area contributed by atoms with Gasteiger partial charge in [0, 0.05) is 0 Å². The Balaban J connectivity index is 0. The van der Waals surface area contributed by atoms with E-state index in [9.17, 15) is 0 Å². The Hall–Kier alpha value is 1.11. The maximum atomic E-state index is 8.59. The Bertz CT molecular complexity index is 76.3. The second kappa shape index (κ2) is 5.11. The molecule has 5 heavy (non-hydrogen) atoms. The average molecular weight is 383 g/mol. The van der Waals surface area contributed by atoms with Crippen LogP contribution in [0, 0.1) is 0 Å². The summed E-state index contributed by atoms with van der Waals surface area (Å²) in [6.45, 7) is 0. The van der Waals surface area contributed by atoms with Crippen molar-refractivity contribution in [1.29, 1.82) is 0 Å². The van der Waals surface area contributed by atoms with E-state index < -0.39 is 19.5 Å². The zero-order chi connectivity index (χ0) is 3.58. The Labute approximate surface area is 55.7 Å². The molecule has 0 rings (SSSR count). The first-order valence-electron chi connectivity index (χ1n) is 0.500. The summed E-state index contributed by atoms with van der Waals surface area (Å²) in [5.41, 5.74) is 0. The summed E-state index contributed by atoms with van der Waals surface area (Å²) in [7, 11) is 0. The van der Waals surface area contributed by atoms with Gasteiger partial charge in [0.2, 0.25) is 0 Å². The van der Waals surface area contributed by atoms with Crippen molar-refractivity contribution in [2.24, 2.45) is 0 Å². The normalized spacial score (nSPS) is 4.80. The predicted molar refractivity (Wildman–Crippen MR) is 13.6 cm³/mol. The zero-order valence-corrected chi connectivity index (χ0v) is 8.35. The minimum Gasteiger partial charge on any atom is 2.00 e. The first-order valence-corrected chi connectivity index (χ1v) is 3.35. The van der Waals surface area contributed by atoms with Gasteiger partial charge >= 0.3 is 56.1 Å². The Morgan fingerprint density at radius 1 is 1.00 bits per heavy atom. The van der Waals surface area contributed by atoms with E-state index in [-0.39, 0.29) is 27.3 Å². The number of hydrogen-bond donors (Lipinski definition) is 0. The monoisotopic (exact) mass is 386 g/mol. The summed E-state index contributed by atoms with van der Waals surface area (Å²) < 4.78 is 25.8. The smallest absolute Gasteiger partial charge is 2.00 e. The minimum atomic E-state index is -4.11. The van der Waals surface area contributed by atoms with Gasteiger partial charge < -0.3 is 0 Å². The summed E-state index contributed by atoms with van der Waals surface area (Å²) in [5, 5.41) is 0. The van der Waals surface area contributed by atoms with Gasteiger partial charge in [-0.25, -0.2) is 0 Å². The van der Waals surface area contributed by atoms with Crippen LogP contribution in [-0.4, -0.2) is 46.8 Å². The van der Waals surface area contributed by atoms with Gasteiger partial charge in [-0.1, -0.05) is 0 Å². The van der Waals surface area contributed by atoms with E-state index in [0.717, 1.165) is 0 Å². The van der Waals surface area contributed by atoms with Crippen LogP contribution in [-0.2, 0) is 9.31 Å². The van der Waals surface area contributed by atoms with Crippen LogP contribution in [0.25, 0.3) is 0 Å². The van der Waals surface area contributed by atoms with E-state index in [1.807, 2.05) is 0 Å². The van der Waals surface area contributed by atoms with Crippen LogP contribution in [0.2, 0.25) is 0 Å². The first-order chi connectivity index (χ1) is 1.73. The molecule has 3 nitrogen and oxygen atoms in total. The molecule has 2 radical (unpaired) electrons. The summed E-state index contributed by atoms with van der Waals surface area (Å²) in [6, 6.07) is 0. The maximum absolute atomic E-state index is 8.59. The summed E-state index contributed by atoms with van der Waals surface area (Å²) >= 11 is -4.11. The van der Waals surface area contributed by atoms with Crippen LogP contribution >= 0.6 is 0 Å². The summed E-state index contributed by atoms with van der Waals surface area (Å²) in [4.78, 5) is 0. The Kier molecular flexibility index (Phi) is 9.66. The molecule has 0 aliphatic heterocycles. The van der Waals surface area contributed by atoms with Crippen molar-refractivity contribution in [3.63, 3.8) is 0 Å². The fraction of sp³-hybridized carbons (Fsp3) is 0. The molecule has 0 unspecified atom stereocenters. The van der Waals surface area contributed by atoms with E-state index in [1.54, 1.807) is 0 Å². The first kappa shape index (κ1) is 9.45. The van der Waals surface area contributed by atoms with Crippen LogP contribution < -0.4 is 0 Å². The van der Waals surface area contributed by atoms with Crippen molar-refractivity contribution in [2.75, 3.05) is 0 Å². The van der Waals surface area contributed by atoms with E-state index in [4.69, 9.17) is 9.31 Å². The second-order valence-electron chi connectivity index (χ2n) is 0.204. The van der Waals surface area contributed by atoms with E-state index in [0.29, 0.717) is 0 Å². The van der Waals surface area contributed by atoms with Crippen LogP contribution in [0.4, 0.5) is 0 Å². The molecule has 0 amide bonds. The molecular formula is O3PbTe+2. The van der Waals surface area contributed by atoms with Crippen molar-refractivity contribution in [2.45, 2.75) is 0 Å². The SMILES string of the molecule is O=[Te](=O)=O.[Pb+2]. The van der Waals surface area contributed by atoms with Gasteiger partial charge in [-0.05, 0) is 0 Å². The molecule has 0 saturated carbocycles. The van der Waals surface area contributed by atoms with Gasteiger partial charge in [0.1, 0.15) is 0 Å². The standard InChI is InChI=1S/O3Te.Pb/c1-4(2)3;/q;+2. The molecule has 0 heterocycles. The van der Waals surface area contributed by atoms with E-state index >= 15 is 0 Å². The van der Waals surface area contributed by atoms with Gasteiger partial charge in [0.25, 0.3) is 0 Å². The molecule has 0 aliphatic rings. The van der Waals surface area contributed by atoms with Gasteiger partial charge in [-0.2, -0.15) is 0 Å². The molecule has 5 heteroatoms. The number of hydrogen-bond acceptors (Lipinski definition) is 3. The largest absolute Gasteiger partial charge is 2.00 e. The van der Waals surface area contributed by atoms with Crippen molar-refractivity contribution in [3.05, 3.63) is 0 Å². The Morgan fingerprint density at radius 2 is 1.00 bits per heavy atom. The van der Waals surface area contributed by atoms with E-state index in [2.05, 4.69) is 0 Å². The second-order valence-corrected chi connectivity index (χ2v) is 1.37. The molecule has 0 aromatic heterocycles. The third-order valence-electron chi connectivity index (χ3n) is 0. The minimum absolute atomic E-state index is 0. The van der Waals surface area contributed by atoms with Crippen LogP contribution in [0.3, 0.4) is 0 Å². The van der Waals surface area contributed by atoms with Gasteiger partial charge in [0.05, 0.1) is 0 Å². The fourth-order valence-electron chi connectivity index (χ4n) is 0. The fourth-order valence-corrected chi connectivity index (χ4v) is 0. The van der Waals surface area contributed by atoms with Crippen molar-refractivity contribution >= 4 is 46.8 Å². The van der Waals surface area contributed by atoms with Gasteiger partial charge in [0.15, 0.2) is 0 Å². The molecule has 0 atom stereocenters. The molecule has 26 valence electrons. The van der Waals surface area contributed by atoms with Crippen LogP contribution in [0.5, 0.6) is 0 Å². The molecule has 0 bridgehead atoms. The van der Waals surface area contributed by atoms with Crippen LogP contribution in [0.15, 0.2) is 0 Å². The molecule has 0 N–H and O–H groups in total. The quantitative estimate of drug-likeness (QED) is 0.499. The third kappa shape index (κ3) is 40.0. The van der Waals surface area contributed by atoms with Gasteiger partial charge in [-0.3, -0.25) is 0 Å². The molecule has 0 aromatic rings. The molecule has 0 fully saturated rings. The molecular weight excluding hydrogens is 383 g/mol. The zero-order valence-electron chi connectivity index (χ0n) is 2.13.